The van der Waals surface area contributed by atoms with Gasteiger partial charge in [0.25, 0.3) is 5.91 Å². The molecule has 0 saturated carbocycles. The number of β-amino-alcohol motifs (C(OH)–C–C–N with tert-alkyl or cyclic N) is 1. The van der Waals surface area contributed by atoms with Gasteiger partial charge in [-0.3, -0.25) is 9.69 Å². The third-order valence-corrected chi connectivity index (χ3v) is 4.68. The van der Waals surface area contributed by atoms with Gasteiger partial charge in [0.2, 0.25) is 0 Å². The molecule has 0 bridgehead atoms. The van der Waals surface area contributed by atoms with Gasteiger partial charge in [0, 0.05) is 32.7 Å². The molecule has 0 aliphatic carbocycles. The monoisotopic (exact) mass is 305 g/mol. The highest BCUT2D eigenvalue weighted by molar-refractivity contribution is 7.20. The molecule has 0 spiro atoms. The van der Waals surface area contributed by atoms with Crippen LogP contribution < -0.4 is 0 Å². The van der Waals surface area contributed by atoms with E-state index in [1.165, 1.54) is 11.3 Å². The molecule has 1 aliphatic rings. The van der Waals surface area contributed by atoms with Crippen molar-refractivity contribution in [1.29, 1.82) is 0 Å². The normalized spacial score (nSPS) is 18.1. The smallest absolute Gasteiger partial charge is 0.282 e. The van der Waals surface area contributed by atoms with Crippen molar-refractivity contribution in [1.82, 2.24) is 14.8 Å². The number of amides is 1. The van der Waals surface area contributed by atoms with E-state index < -0.39 is 0 Å². The Balaban J connectivity index is 1.66. The number of aliphatic hydroxyl groups is 1. The predicted molar refractivity (Wildman–Crippen MR) is 83.6 cm³/mol. The van der Waals surface area contributed by atoms with E-state index in [1.54, 1.807) is 6.92 Å². The van der Waals surface area contributed by atoms with Crippen LogP contribution in [0, 0.1) is 0 Å². The Kier molecular flexibility index (Phi) is 4.19. The van der Waals surface area contributed by atoms with E-state index in [-0.39, 0.29) is 12.0 Å². The second-order valence-corrected chi connectivity index (χ2v) is 6.46. The van der Waals surface area contributed by atoms with Gasteiger partial charge in [-0.2, -0.15) is 0 Å². The molecule has 1 aliphatic heterocycles. The fourth-order valence-corrected chi connectivity index (χ4v) is 3.54. The molecular formula is C15H19N3O2S. The molecule has 2 aromatic rings. The van der Waals surface area contributed by atoms with Crippen molar-refractivity contribution in [2.24, 2.45) is 0 Å². The molecular weight excluding hydrogens is 286 g/mol. The van der Waals surface area contributed by atoms with Crippen LogP contribution in [0.15, 0.2) is 24.3 Å². The zero-order valence-corrected chi connectivity index (χ0v) is 12.8. The van der Waals surface area contributed by atoms with Crippen molar-refractivity contribution in [2.45, 2.75) is 13.0 Å². The summed E-state index contributed by atoms with van der Waals surface area (Å²) in [5.41, 5.74) is 0.888. The molecule has 5 nitrogen and oxygen atoms in total. The summed E-state index contributed by atoms with van der Waals surface area (Å²) in [5.74, 6) is 0.0212. The second-order valence-electron chi connectivity index (χ2n) is 5.43. The fraction of sp³-hybridized carbons (Fsp3) is 0.467. The van der Waals surface area contributed by atoms with Gasteiger partial charge in [-0.15, -0.1) is 11.3 Å². The number of carbonyl (C=O) groups excluding carboxylic acids is 1. The highest BCUT2D eigenvalue weighted by Gasteiger charge is 2.24. The molecule has 1 aromatic heterocycles. The lowest BCUT2D eigenvalue weighted by Crippen LogP contribution is -2.50. The Morgan fingerprint density at radius 2 is 2.05 bits per heavy atom. The number of fused-ring (bicyclic) bond motifs is 1. The molecule has 21 heavy (non-hydrogen) atoms. The van der Waals surface area contributed by atoms with Crippen LogP contribution in [0.25, 0.3) is 10.2 Å². The number of para-hydroxylation sites is 1. The van der Waals surface area contributed by atoms with Crippen LogP contribution in [-0.4, -0.2) is 64.6 Å². The molecule has 1 aromatic carbocycles. The van der Waals surface area contributed by atoms with Crippen LogP contribution in [0.2, 0.25) is 0 Å². The van der Waals surface area contributed by atoms with E-state index >= 15 is 0 Å². The fourth-order valence-electron chi connectivity index (χ4n) is 2.61. The van der Waals surface area contributed by atoms with Crippen LogP contribution in [0.3, 0.4) is 0 Å². The Morgan fingerprint density at radius 1 is 1.33 bits per heavy atom. The van der Waals surface area contributed by atoms with E-state index in [0.29, 0.717) is 24.6 Å². The predicted octanol–water partition coefficient (Wildman–Crippen LogP) is 1.43. The first-order chi connectivity index (χ1) is 10.1. The zero-order valence-electron chi connectivity index (χ0n) is 12.0. The number of hydrogen-bond donors (Lipinski definition) is 1. The first-order valence-corrected chi connectivity index (χ1v) is 8.00. The molecule has 1 N–H and O–H groups in total. The lowest BCUT2D eigenvalue weighted by Gasteiger charge is -2.34. The summed E-state index contributed by atoms with van der Waals surface area (Å²) in [6, 6.07) is 7.82. The van der Waals surface area contributed by atoms with Crippen LogP contribution in [0.1, 0.15) is 16.7 Å². The number of hydrogen-bond acceptors (Lipinski definition) is 5. The van der Waals surface area contributed by atoms with E-state index in [0.717, 1.165) is 23.3 Å². The SMILES string of the molecule is CC(O)CN1CCN(C(=O)c2nc3ccccc3s2)CC1. The average Bonchev–Trinajstić information content (AvgIpc) is 2.90. The van der Waals surface area contributed by atoms with E-state index in [1.807, 2.05) is 29.2 Å². The molecule has 6 heteroatoms. The van der Waals surface area contributed by atoms with Gasteiger partial charge >= 0.3 is 0 Å². The first kappa shape index (κ1) is 14.4. The van der Waals surface area contributed by atoms with Crippen LogP contribution in [-0.2, 0) is 0 Å². The summed E-state index contributed by atoms with van der Waals surface area (Å²) in [5, 5.41) is 9.98. The van der Waals surface area contributed by atoms with Crippen molar-refractivity contribution in [2.75, 3.05) is 32.7 Å². The lowest BCUT2D eigenvalue weighted by atomic mass is 10.2. The van der Waals surface area contributed by atoms with Crippen LogP contribution in [0.4, 0.5) is 0 Å². The molecule has 1 atom stereocenters. The Morgan fingerprint density at radius 3 is 2.71 bits per heavy atom. The number of carbonyl (C=O) groups is 1. The maximum atomic E-state index is 12.5. The van der Waals surface area contributed by atoms with Crippen molar-refractivity contribution in [3.05, 3.63) is 29.3 Å². The van der Waals surface area contributed by atoms with Crippen molar-refractivity contribution in [3.63, 3.8) is 0 Å². The van der Waals surface area contributed by atoms with Crippen LogP contribution in [0.5, 0.6) is 0 Å². The van der Waals surface area contributed by atoms with Crippen molar-refractivity contribution >= 4 is 27.5 Å². The molecule has 1 unspecified atom stereocenters. The largest absolute Gasteiger partial charge is 0.392 e. The first-order valence-electron chi connectivity index (χ1n) is 7.19. The summed E-state index contributed by atoms with van der Waals surface area (Å²) in [6.45, 7) is 5.47. The Bertz CT molecular complexity index is 600. The summed E-state index contributed by atoms with van der Waals surface area (Å²) in [4.78, 5) is 21.0. The molecule has 0 radical (unpaired) electrons. The average molecular weight is 305 g/mol. The summed E-state index contributed by atoms with van der Waals surface area (Å²) in [7, 11) is 0. The van der Waals surface area contributed by atoms with Gasteiger partial charge in [0.05, 0.1) is 16.3 Å². The molecule has 3 rings (SSSR count). The highest BCUT2D eigenvalue weighted by Crippen LogP contribution is 2.23. The van der Waals surface area contributed by atoms with Gasteiger partial charge in [-0.1, -0.05) is 12.1 Å². The summed E-state index contributed by atoms with van der Waals surface area (Å²) >= 11 is 1.45. The van der Waals surface area contributed by atoms with E-state index in [9.17, 15) is 9.90 Å². The van der Waals surface area contributed by atoms with Gasteiger partial charge in [0.1, 0.15) is 0 Å². The lowest BCUT2D eigenvalue weighted by molar-refractivity contribution is 0.0554. The zero-order chi connectivity index (χ0) is 14.8. The van der Waals surface area contributed by atoms with Crippen molar-refractivity contribution in [3.8, 4) is 0 Å². The number of aromatic nitrogens is 1. The minimum Gasteiger partial charge on any atom is -0.392 e. The molecule has 1 saturated heterocycles. The molecule has 1 amide bonds. The number of rotatable bonds is 3. The van der Waals surface area contributed by atoms with Gasteiger partial charge < -0.3 is 10.0 Å². The second kappa shape index (κ2) is 6.09. The number of aliphatic hydroxyl groups excluding tert-OH is 1. The van der Waals surface area contributed by atoms with E-state index in [2.05, 4.69) is 9.88 Å². The third-order valence-electron chi connectivity index (χ3n) is 3.66. The Labute approximate surface area is 127 Å². The van der Waals surface area contributed by atoms with Crippen LogP contribution >= 0.6 is 11.3 Å². The van der Waals surface area contributed by atoms with Gasteiger partial charge in [0.15, 0.2) is 5.01 Å². The summed E-state index contributed by atoms with van der Waals surface area (Å²) in [6.07, 6.45) is -0.323. The highest BCUT2D eigenvalue weighted by atomic mass is 32.1. The minimum absolute atomic E-state index is 0.0212. The topological polar surface area (TPSA) is 56.7 Å². The number of thiazole rings is 1. The van der Waals surface area contributed by atoms with Gasteiger partial charge in [-0.05, 0) is 19.1 Å². The third kappa shape index (κ3) is 3.23. The number of benzene rings is 1. The quantitative estimate of drug-likeness (QED) is 0.932. The standard InChI is InChI=1S/C15H19N3O2S/c1-11(19)10-17-6-8-18(9-7-17)15(20)14-16-12-4-2-3-5-13(12)21-14/h2-5,11,19H,6-10H2,1H3. The molecule has 1 fully saturated rings. The van der Waals surface area contributed by atoms with Gasteiger partial charge in [-0.25, -0.2) is 4.98 Å². The number of nitrogens with zero attached hydrogens (tertiary/aromatic N) is 3. The minimum atomic E-state index is -0.323. The summed E-state index contributed by atoms with van der Waals surface area (Å²) < 4.78 is 1.05. The Hall–Kier alpha value is -1.50. The number of piperazine rings is 1. The van der Waals surface area contributed by atoms with E-state index in [4.69, 9.17) is 0 Å². The van der Waals surface area contributed by atoms with Crippen molar-refractivity contribution < 1.29 is 9.90 Å². The maximum Gasteiger partial charge on any atom is 0.282 e. The maximum absolute atomic E-state index is 12.5. The molecule has 112 valence electrons. The molecule has 2 heterocycles.